The van der Waals surface area contributed by atoms with Gasteiger partial charge in [-0.3, -0.25) is 14.5 Å². The lowest BCUT2D eigenvalue weighted by molar-refractivity contribution is -0.122. The van der Waals surface area contributed by atoms with Crippen LogP contribution in [0.4, 0.5) is 0 Å². The average Bonchev–Trinajstić information content (AvgIpc) is 3.28. The van der Waals surface area contributed by atoms with E-state index in [0.717, 1.165) is 5.56 Å². The lowest BCUT2D eigenvalue weighted by Crippen LogP contribution is -2.51. The van der Waals surface area contributed by atoms with Crippen LogP contribution in [0.1, 0.15) is 16.1 Å². The zero-order chi connectivity index (χ0) is 20.6. The fourth-order valence-electron chi connectivity index (χ4n) is 3.31. The molecule has 0 unspecified atom stereocenters. The third-order valence-electron chi connectivity index (χ3n) is 4.94. The molecule has 1 aliphatic rings. The Bertz CT molecular complexity index is 814. The lowest BCUT2D eigenvalue weighted by atomic mass is 10.1. The van der Waals surface area contributed by atoms with Crippen molar-refractivity contribution in [3.05, 3.63) is 47.9 Å². The van der Waals surface area contributed by atoms with Gasteiger partial charge in [0.25, 0.3) is 5.91 Å². The van der Waals surface area contributed by atoms with Crippen LogP contribution < -0.4 is 14.8 Å². The standard InChI is InChI=1S/C21H27N3O5/c1-27-17-6-5-16(14-19(17)28-2)7-8-22-20(25)15-23-9-11-24(12-10-23)21(26)18-4-3-13-29-18/h3-6,13-14H,7-12,15H2,1-2H3,(H,22,25). The van der Waals surface area contributed by atoms with Crippen molar-refractivity contribution < 1.29 is 23.5 Å². The van der Waals surface area contributed by atoms with E-state index in [9.17, 15) is 9.59 Å². The van der Waals surface area contributed by atoms with E-state index in [1.807, 2.05) is 18.2 Å². The Morgan fingerprint density at radius 1 is 1.07 bits per heavy atom. The molecule has 2 amide bonds. The second kappa shape index (κ2) is 9.97. The Morgan fingerprint density at radius 2 is 1.83 bits per heavy atom. The molecule has 0 saturated carbocycles. The Hall–Kier alpha value is -3.00. The van der Waals surface area contributed by atoms with E-state index in [1.54, 1.807) is 31.3 Å². The Balaban J connectivity index is 1.38. The first-order valence-electron chi connectivity index (χ1n) is 9.63. The number of hydrogen-bond donors (Lipinski definition) is 1. The van der Waals surface area contributed by atoms with Crippen LogP contribution in [0.3, 0.4) is 0 Å². The van der Waals surface area contributed by atoms with Gasteiger partial charge in [-0.25, -0.2) is 0 Å². The first kappa shape index (κ1) is 20.7. The molecule has 1 aromatic carbocycles. The summed E-state index contributed by atoms with van der Waals surface area (Å²) in [7, 11) is 3.20. The van der Waals surface area contributed by atoms with Gasteiger partial charge < -0.3 is 24.1 Å². The van der Waals surface area contributed by atoms with Crippen LogP contribution in [-0.4, -0.2) is 75.1 Å². The molecule has 0 aliphatic carbocycles. The Kier molecular flexibility index (Phi) is 7.13. The summed E-state index contributed by atoms with van der Waals surface area (Å²) >= 11 is 0. The average molecular weight is 401 g/mol. The van der Waals surface area contributed by atoms with Crippen LogP contribution in [0.2, 0.25) is 0 Å². The summed E-state index contributed by atoms with van der Waals surface area (Å²) in [5.41, 5.74) is 1.06. The topological polar surface area (TPSA) is 84.3 Å². The molecule has 8 heteroatoms. The number of amides is 2. The molecule has 1 aromatic heterocycles. The lowest BCUT2D eigenvalue weighted by Gasteiger charge is -2.33. The second-order valence-corrected chi connectivity index (χ2v) is 6.83. The maximum atomic E-state index is 12.3. The van der Waals surface area contributed by atoms with Crippen molar-refractivity contribution in [3.63, 3.8) is 0 Å². The van der Waals surface area contributed by atoms with Crippen molar-refractivity contribution in [2.75, 3.05) is 53.5 Å². The summed E-state index contributed by atoms with van der Waals surface area (Å²) in [6.07, 6.45) is 2.20. The fourth-order valence-corrected chi connectivity index (χ4v) is 3.31. The molecular formula is C21H27N3O5. The molecule has 156 valence electrons. The van der Waals surface area contributed by atoms with E-state index in [-0.39, 0.29) is 11.8 Å². The van der Waals surface area contributed by atoms with Crippen LogP contribution in [0, 0.1) is 0 Å². The number of rotatable bonds is 8. The van der Waals surface area contributed by atoms with E-state index in [2.05, 4.69) is 10.2 Å². The van der Waals surface area contributed by atoms with E-state index in [4.69, 9.17) is 13.9 Å². The van der Waals surface area contributed by atoms with Crippen molar-refractivity contribution in [1.29, 1.82) is 0 Å². The molecule has 8 nitrogen and oxygen atoms in total. The molecule has 3 rings (SSSR count). The predicted molar refractivity (Wildman–Crippen MR) is 107 cm³/mol. The maximum absolute atomic E-state index is 12.3. The van der Waals surface area contributed by atoms with Crippen LogP contribution in [0.15, 0.2) is 41.0 Å². The van der Waals surface area contributed by atoms with Gasteiger partial charge >= 0.3 is 0 Å². The molecule has 2 heterocycles. The number of furan rings is 1. The van der Waals surface area contributed by atoms with Crippen molar-refractivity contribution in [1.82, 2.24) is 15.1 Å². The summed E-state index contributed by atoms with van der Waals surface area (Å²) in [6, 6.07) is 9.11. The number of methoxy groups -OCH3 is 2. The minimum atomic E-state index is -0.103. The van der Waals surface area contributed by atoms with E-state index in [1.165, 1.54) is 6.26 Å². The molecule has 29 heavy (non-hydrogen) atoms. The minimum absolute atomic E-state index is 0.0173. The number of nitrogens with one attached hydrogen (secondary N) is 1. The largest absolute Gasteiger partial charge is 0.493 e. The van der Waals surface area contributed by atoms with Crippen LogP contribution in [0.5, 0.6) is 11.5 Å². The predicted octanol–water partition coefficient (Wildman–Crippen LogP) is 1.41. The van der Waals surface area contributed by atoms with Gasteiger partial charge in [0, 0.05) is 32.7 Å². The highest BCUT2D eigenvalue weighted by Crippen LogP contribution is 2.27. The Morgan fingerprint density at radius 3 is 2.48 bits per heavy atom. The van der Waals surface area contributed by atoms with Gasteiger partial charge in [-0.15, -0.1) is 0 Å². The van der Waals surface area contributed by atoms with Crippen molar-refractivity contribution in [2.45, 2.75) is 6.42 Å². The number of benzene rings is 1. The van der Waals surface area contributed by atoms with E-state index >= 15 is 0 Å². The molecular weight excluding hydrogens is 374 g/mol. The third-order valence-corrected chi connectivity index (χ3v) is 4.94. The number of piperazine rings is 1. The van der Waals surface area contributed by atoms with Gasteiger partial charge in [0.2, 0.25) is 5.91 Å². The third kappa shape index (κ3) is 5.51. The smallest absolute Gasteiger partial charge is 0.289 e. The molecule has 1 saturated heterocycles. The first-order valence-corrected chi connectivity index (χ1v) is 9.63. The first-order chi connectivity index (χ1) is 14.1. The minimum Gasteiger partial charge on any atom is -0.493 e. The number of hydrogen-bond acceptors (Lipinski definition) is 6. The summed E-state index contributed by atoms with van der Waals surface area (Å²) in [4.78, 5) is 28.3. The van der Waals surface area contributed by atoms with Crippen molar-refractivity contribution in [2.24, 2.45) is 0 Å². The highest BCUT2D eigenvalue weighted by Gasteiger charge is 2.24. The maximum Gasteiger partial charge on any atom is 0.289 e. The van der Waals surface area contributed by atoms with Gasteiger partial charge in [-0.1, -0.05) is 6.07 Å². The zero-order valence-corrected chi connectivity index (χ0v) is 16.8. The number of ether oxygens (including phenoxy) is 2. The SMILES string of the molecule is COc1ccc(CCNC(=O)CN2CCN(C(=O)c3ccco3)CC2)cc1OC. The molecule has 1 fully saturated rings. The number of carbonyl (C=O) groups is 2. The van der Waals surface area contributed by atoms with Gasteiger partial charge in [-0.05, 0) is 36.2 Å². The fraction of sp³-hybridized carbons (Fsp3) is 0.429. The molecule has 0 bridgehead atoms. The molecule has 0 radical (unpaired) electrons. The van der Waals surface area contributed by atoms with Gasteiger partial charge in [0.1, 0.15) is 0 Å². The van der Waals surface area contributed by atoms with Crippen LogP contribution >= 0.6 is 0 Å². The summed E-state index contributed by atoms with van der Waals surface area (Å²) in [5, 5.41) is 2.95. The molecule has 2 aromatic rings. The van der Waals surface area contributed by atoms with Gasteiger partial charge in [0.05, 0.1) is 27.0 Å². The second-order valence-electron chi connectivity index (χ2n) is 6.83. The van der Waals surface area contributed by atoms with E-state index in [0.29, 0.717) is 62.9 Å². The van der Waals surface area contributed by atoms with Crippen LogP contribution in [0.25, 0.3) is 0 Å². The molecule has 0 atom stereocenters. The normalized spacial score (nSPS) is 14.5. The highest BCUT2D eigenvalue weighted by molar-refractivity contribution is 5.91. The van der Waals surface area contributed by atoms with Crippen molar-refractivity contribution in [3.8, 4) is 11.5 Å². The molecule has 0 spiro atoms. The quantitative estimate of drug-likeness (QED) is 0.720. The molecule has 1 N–H and O–H groups in total. The summed E-state index contributed by atoms with van der Waals surface area (Å²) in [6.45, 7) is 3.36. The zero-order valence-electron chi connectivity index (χ0n) is 16.8. The summed E-state index contributed by atoms with van der Waals surface area (Å²) in [5.74, 6) is 1.60. The Labute approximate surface area is 170 Å². The monoisotopic (exact) mass is 401 g/mol. The summed E-state index contributed by atoms with van der Waals surface area (Å²) < 4.78 is 15.7. The highest BCUT2D eigenvalue weighted by atomic mass is 16.5. The van der Waals surface area contributed by atoms with Crippen molar-refractivity contribution >= 4 is 11.8 Å². The van der Waals surface area contributed by atoms with Gasteiger partial charge in [-0.2, -0.15) is 0 Å². The number of carbonyl (C=O) groups excluding carboxylic acids is 2. The molecule has 1 aliphatic heterocycles. The number of nitrogens with zero attached hydrogens (tertiary/aromatic N) is 2. The van der Waals surface area contributed by atoms with Gasteiger partial charge in [0.15, 0.2) is 17.3 Å². The van der Waals surface area contributed by atoms with E-state index < -0.39 is 0 Å². The van der Waals surface area contributed by atoms with Crippen LogP contribution in [-0.2, 0) is 11.2 Å².